The van der Waals surface area contributed by atoms with Gasteiger partial charge < -0.3 is 4.74 Å². The van der Waals surface area contributed by atoms with Crippen LogP contribution in [0.4, 0.5) is 0 Å². The smallest absolute Gasteiger partial charge is 0.132 e. The van der Waals surface area contributed by atoms with Gasteiger partial charge in [0.1, 0.15) is 5.78 Å². The molecule has 12 heavy (non-hydrogen) atoms. The van der Waals surface area contributed by atoms with Crippen LogP contribution in [-0.4, -0.2) is 19.0 Å². The van der Waals surface area contributed by atoms with Crippen molar-refractivity contribution in [1.82, 2.24) is 0 Å². The summed E-state index contributed by atoms with van der Waals surface area (Å²) in [6.45, 7) is 3.68. The summed E-state index contributed by atoms with van der Waals surface area (Å²) in [7, 11) is 1.65. The average molecular weight is 170 g/mol. The molecule has 0 rings (SSSR count). The predicted octanol–water partition coefficient (Wildman–Crippen LogP) is 2.34. The van der Waals surface area contributed by atoms with Crippen molar-refractivity contribution in [3.05, 3.63) is 12.2 Å². The molecule has 0 aliphatic carbocycles. The minimum Gasteiger partial charge on any atom is -0.381 e. The predicted molar refractivity (Wildman–Crippen MR) is 50.1 cm³/mol. The standard InChI is InChI=1S/C10H18O2/c1-4-5-6-7-10(12-3)8-9(2)11/h5-6,10H,4,7-8H2,1-3H3/b6-5+. The van der Waals surface area contributed by atoms with Crippen molar-refractivity contribution in [2.24, 2.45) is 0 Å². The summed E-state index contributed by atoms with van der Waals surface area (Å²) in [4.78, 5) is 10.7. The van der Waals surface area contributed by atoms with Crippen LogP contribution in [0.15, 0.2) is 12.2 Å². The van der Waals surface area contributed by atoms with Crippen molar-refractivity contribution in [2.75, 3.05) is 7.11 Å². The first-order chi connectivity index (χ1) is 5.70. The fraction of sp³-hybridized carbons (Fsp3) is 0.700. The number of rotatable bonds is 6. The second-order valence-electron chi connectivity index (χ2n) is 2.88. The average Bonchev–Trinajstić information content (AvgIpc) is 2.02. The zero-order valence-corrected chi connectivity index (χ0v) is 8.17. The summed E-state index contributed by atoms with van der Waals surface area (Å²) in [5, 5.41) is 0. The largest absolute Gasteiger partial charge is 0.381 e. The Hall–Kier alpha value is -0.630. The maximum absolute atomic E-state index is 10.7. The molecule has 2 heteroatoms. The monoisotopic (exact) mass is 170 g/mol. The van der Waals surface area contributed by atoms with Gasteiger partial charge in [-0.25, -0.2) is 0 Å². The number of Topliss-reactive ketones (excluding diaryl/α,β-unsaturated/α-hetero) is 1. The van der Waals surface area contributed by atoms with Gasteiger partial charge in [-0.1, -0.05) is 19.1 Å². The third kappa shape index (κ3) is 6.10. The molecule has 0 aliphatic heterocycles. The van der Waals surface area contributed by atoms with Gasteiger partial charge in [0.2, 0.25) is 0 Å². The van der Waals surface area contributed by atoms with Crippen molar-refractivity contribution in [1.29, 1.82) is 0 Å². The molecule has 0 amide bonds. The second-order valence-corrected chi connectivity index (χ2v) is 2.88. The van der Waals surface area contributed by atoms with Gasteiger partial charge in [0.05, 0.1) is 6.10 Å². The number of methoxy groups -OCH3 is 1. The van der Waals surface area contributed by atoms with Crippen LogP contribution in [0.5, 0.6) is 0 Å². The lowest BCUT2D eigenvalue weighted by Crippen LogP contribution is -2.13. The highest BCUT2D eigenvalue weighted by molar-refractivity contribution is 5.75. The number of carbonyl (C=O) groups excluding carboxylic acids is 1. The number of ether oxygens (including phenoxy) is 1. The highest BCUT2D eigenvalue weighted by Gasteiger charge is 2.07. The maximum atomic E-state index is 10.7. The highest BCUT2D eigenvalue weighted by Crippen LogP contribution is 2.04. The Morgan fingerprint density at radius 1 is 1.50 bits per heavy atom. The second kappa shape index (κ2) is 7.04. The molecule has 0 bridgehead atoms. The highest BCUT2D eigenvalue weighted by atomic mass is 16.5. The van der Waals surface area contributed by atoms with Gasteiger partial charge >= 0.3 is 0 Å². The van der Waals surface area contributed by atoms with E-state index < -0.39 is 0 Å². The number of hydrogen-bond acceptors (Lipinski definition) is 2. The van der Waals surface area contributed by atoms with E-state index in [1.807, 2.05) is 0 Å². The quantitative estimate of drug-likeness (QED) is 0.572. The number of allylic oxidation sites excluding steroid dienone is 1. The van der Waals surface area contributed by atoms with Crippen molar-refractivity contribution in [3.8, 4) is 0 Å². The number of hydrogen-bond donors (Lipinski definition) is 0. The molecule has 1 unspecified atom stereocenters. The van der Waals surface area contributed by atoms with Gasteiger partial charge in [0, 0.05) is 13.5 Å². The van der Waals surface area contributed by atoms with E-state index in [1.165, 1.54) is 0 Å². The zero-order chi connectivity index (χ0) is 9.40. The fourth-order valence-electron chi connectivity index (χ4n) is 0.998. The van der Waals surface area contributed by atoms with E-state index in [0.29, 0.717) is 6.42 Å². The Balaban J connectivity index is 3.67. The van der Waals surface area contributed by atoms with Crippen LogP contribution in [0.3, 0.4) is 0 Å². The molecule has 0 saturated heterocycles. The molecule has 0 aromatic rings. The molecule has 0 radical (unpaired) electrons. The van der Waals surface area contributed by atoms with Crippen LogP contribution in [0.2, 0.25) is 0 Å². The fourth-order valence-corrected chi connectivity index (χ4v) is 0.998. The van der Waals surface area contributed by atoms with Gasteiger partial charge in [0.25, 0.3) is 0 Å². The normalized spacial score (nSPS) is 13.6. The minimum atomic E-state index is 0.0605. The van der Waals surface area contributed by atoms with E-state index in [0.717, 1.165) is 12.8 Å². The summed E-state index contributed by atoms with van der Waals surface area (Å²) in [6.07, 6.45) is 6.61. The Bertz CT molecular complexity index is 150. The van der Waals surface area contributed by atoms with Crippen LogP contribution in [0, 0.1) is 0 Å². The van der Waals surface area contributed by atoms with Crippen LogP contribution >= 0.6 is 0 Å². The molecule has 1 atom stereocenters. The molecular formula is C10H18O2. The first-order valence-corrected chi connectivity index (χ1v) is 4.38. The Labute approximate surface area is 74.6 Å². The summed E-state index contributed by atoms with van der Waals surface area (Å²) in [6, 6.07) is 0. The van der Waals surface area contributed by atoms with E-state index in [-0.39, 0.29) is 11.9 Å². The van der Waals surface area contributed by atoms with Crippen molar-refractivity contribution in [3.63, 3.8) is 0 Å². The molecule has 70 valence electrons. The lowest BCUT2D eigenvalue weighted by molar-refractivity contribution is -0.119. The molecule has 0 aromatic heterocycles. The SMILES string of the molecule is CC/C=C/CC(CC(C)=O)OC. The molecule has 0 spiro atoms. The molecule has 0 aromatic carbocycles. The Morgan fingerprint density at radius 2 is 2.17 bits per heavy atom. The third-order valence-corrected chi connectivity index (χ3v) is 1.65. The summed E-state index contributed by atoms with van der Waals surface area (Å²) >= 11 is 0. The first-order valence-electron chi connectivity index (χ1n) is 4.38. The van der Waals surface area contributed by atoms with Crippen LogP contribution in [0.25, 0.3) is 0 Å². The van der Waals surface area contributed by atoms with E-state index in [1.54, 1.807) is 14.0 Å². The number of carbonyl (C=O) groups is 1. The topological polar surface area (TPSA) is 26.3 Å². The van der Waals surface area contributed by atoms with Crippen molar-refractivity contribution >= 4 is 5.78 Å². The summed E-state index contributed by atoms with van der Waals surface area (Å²) in [5.41, 5.74) is 0. The van der Waals surface area contributed by atoms with Crippen LogP contribution in [-0.2, 0) is 9.53 Å². The molecule has 0 N–H and O–H groups in total. The minimum absolute atomic E-state index is 0.0605. The van der Waals surface area contributed by atoms with Gasteiger partial charge in [-0.15, -0.1) is 0 Å². The van der Waals surface area contributed by atoms with Gasteiger partial charge in [-0.3, -0.25) is 4.79 Å². The third-order valence-electron chi connectivity index (χ3n) is 1.65. The van der Waals surface area contributed by atoms with Gasteiger partial charge in [-0.2, -0.15) is 0 Å². The molecule has 0 saturated carbocycles. The number of ketones is 1. The van der Waals surface area contributed by atoms with Crippen molar-refractivity contribution in [2.45, 2.75) is 39.2 Å². The molecular weight excluding hydrogens is 152 g/mol. The van der Waals surface area contributed by atoms with Gasteiger partial charge in [0.15, 0.2) is 0 Å². The van der Waals surface area contributed by atoms with E-state index in [4.69, 9.17) is 4.74 Å². The summed E-state index contributed by atoms with van der Waals surface area (Å²) in [5.74, 6) is 0.187. The zero-order valence-electron chi connectivity index (χ0n) is 8.17. The molecule has 0 fully saturated rings. The molecule has 2 nitrogen and oxygen atoms in total. The van der Waals surface area contributed by atoms with E-state index >= 15 is 0 Å². The Kier molecular flexibility index (Phi) is 6.67. The van der Waals surface area contributed by atoms with E-state index in [2.05, 4.69) is 19.1 Å². The van der Waals surface area contributed by atoms with Crippen LogP contribution in [0.1, 0.15) is 33.1 Å². The first kappa shape index (κ1) is 11.4. The lowest BCUT2D eigenvalue weighted by Gasteiger charge is -2.10. The molecule has 0 heterocycles. The molecule has 0 aliphatic rings. The maximum Gasteiger partial charge on any atom is 0.132 e. The summed E-state index contributed by atoms with van der Waals surface area (Å²) < 4.78 is 5.14. The van der Waals surface area contributed by atoms with Gasteiger partial charge in [-0.05, 0) is 19.8 Å². The van der Waals surface area contributed by atoms with Crippen molar-refractivity contribution < 1.29 is 9.53 Å². The lowest BCUT2D eigenvalue weighted by atomic mass is 10.1. The van der Waals surface area contributed by atoms with Crippen LogP contribution < -0.4 is 0 Å². The van der Waals surface area contributed by atoms with E-state index in [9.17, 15) is 4.79 Å². The Morgan fingerprint density at radius 3 is 2.58 bits per heavy atom.